The zero-order chi connectivity index (χ0) is 8.97. The van der Waals surface area contributed by atoms with E-state index in [-0.39, 0.29) is 5.75 Å². The van der Waals surface area contributed by atoms with Crippen molar-refractivity contribution in [1.82, 2.24) is 0 Å². The highest BCUT2D eigenvalue weighted by Gasteiger charge is 1.96. The summed E-state index contributed by atoms with van der Waals surface area (Å²) < 4.78 is 0. The van der Waals surface area contributed by atoms with Gasteiger partial charge in [0, 0.05) is 10.9 Å². The van der Waals surface area contributed by atoms with E-state index < -0.39 is 0 Å². The van der Waals surface area contributed by atoms with Gasteiger partial charge in [-0.05, 0) is 23.8 Å². The van der Waals surface area contributed by atoms with Crippen molar-refractivity contribution in [2.45, 2.75) is 0 Å². The first kappa shape index (κ1) is 9.43. The second kappa shape index (κ2) is 4.39. The fourth-order valence-electron chi connectivity index (χ4n) is 0.830. The van der Waals surface area contributed by atoms with Crippen LogP contribution in [0.2, 0.25) is 5.02 Å². The van der Waals surface area contributed by atoms with Crippen LogP contribution >= 0.6 is 23.2 Å². The third-order valence-electron chi connectivity index (χ3n) is 1.37. The quantitative estimate of drug-likeness (QED) is 0.731. The molecule has 1 nitrogen and oxygen atoms in total. The van der Waals surface area contributed by atoms with Gasteiger partial charge in [-0.3, -0.25) is 0 Å². The molecular formula is C9H8Cl2O. The van der Waals surface area contributed by atoms with Crippen LogP contribution in [0.25, 0.3) is 6.08 Å². The van der Waals surface area contributed by atoms with E-state index >= 15 is 0 Å². The number of allylic oxidation sites excluding steroid dienone is 1. The molecule has 0 atom stereocenters. The van der Waals surface area contributed by atoms with Crippen LogP contribution in [0.5, 0.6) is 5.75 Å². The lowest BCUT2D eigenvalue weighted by Crippen LogP contribution is -1.74. The van der Waals surface area contributed by atoms with Gasteiger partial charge in [-0.1, -0.05) is 23.8 Å². The third kappa shape index (κ3) is 2.43. The normalized spacial score (nSPS) is 10.8. The van der Waals surface area contributed by atoms with Gasteiger partial charge in [0.25, 0.3) is 0 Å². The number of hydrogen-bond donors (Lipinski definition) is 1. The molecule has 0 aliphatic carbocycles. The topological polar surface area (TPSA) is 20.2 Å². The molecule has 64 valence electrons. The van der Waals surface area contributed by atoms with Crippen molar-refractivity contribution in [1.29, 1.82) is 0 Å². The molecule has 1 N–H and O–H groups in total. The fourth-order valence-corrected chi connectivity index (χ4v) is 1.10. The number of hydrogen-bond acceptors (Lipinski definition) is 1. The monoisotopic (exact) mass is 202 g/mol. The minimum atomic E-state index is 0.202. The molecule has 1 rings (SSSR count). The Balaban J connectivity index is 2.97. The molecule has 12 heavy (non-hydrogen) atoms. The minimum Gasteiger partial charge on any atom is -0.508 e. The molecule has 0 amide bonds. The van der Waals surface area contributed by atoms with Gasteiger partial charge in [0.05, 0.1) is 0 Å². The van der Waals surface area contributed by atoms with E-state index in [2.05, 4.69) is 0 Å². The molecule has 1 aromatic rings. The Morgan fingerprint density at radius 3 is 2.83 bits per heavy atom. The van der Waals surface area contributed by atoms with E-state index in [9.17, 15) is 0 Å². The summed E-state index contributed by atoms with van der Waals surface area (Å²) >= 11 is 11.3. The van der Waals surface area contributed by atoms with Crippen LogP contribution in [0.4, 0.5) is 0 Å². The average molecular weight is 203 g/mol. The van der Waals surface area contributed by atoms with Crippen LogP contribution in [0.3, 0.4) is 0 Å². The predicted octanol–water partition coefficient (Wildman–Crippen LogP) is 3.30. The van der Waals surface area contributed by atoms with E-state index in [1.54, 1.807) is 30.4 Å². The summed E-state index contributed by atoms with van der Waals surface area (Å²) in [5.74, 6) is 0.639. The molecule has 0 aliphatic heterocycles. The van der Waals surface area contributed by atoms with Gasteiger partial charge >= 0.3 is 0 Å². The Bertz CT molecular complexity index is 295. The Kier molecular flexibility index (Phi) is 3.45. The maximum absolute atomic E-state index is 9.11. The molecule has 0 heterocycles. The van der Waals surface area contributed by atoms with Crippen LogP contribution in [0.1, 0.15) is 5.56 Å². The second-order valence-corrected chi connectivity index (χ2v) is 2.98. The van der Waals surface area contributed by atoms with Gasteiger partial charge in [-0.15, -0.1) is 11.6 Å². The van der Waals surface area contributed by atoms with Crippen molar-refractivity contribution in [3.05, 3.63) is 34.9 Å². The number of phenolic OH excluding ortho intramolecular Hbond substituents is 1. The predicted molar refractivity (Wildman–Crippen MR) is 52.9 cm³/mol. The lowest BCUT2D eigenvalue weighted by atomic mass is 10.2. The molecule has 0 bridgehead atoms. The average Bonchev–Trinajstić information content (AvgIpc) is 2.07. The standard InChI is InChI=1S/C9H8Cl2O/c10-5-1-2-7-6-8(12)3-4-9(7)11/h1-4,6,12H,5H2. The number of halogens is 2. The molecule has 0 unspecified atom stereocenters. The van der Waals surface area contributed by atoms with Crippen LogP contribution in [-0.2, 0) is 0 Å². The molecule has 1 aromatic carbocycles. The zero-order valence-corrected chi connectivity index (χ0v) is 7.81. The minimum absolute atomic E-state index is 0.202. The van der Waals surface area contributed by atoms with Gasteiger partial charge in [0.15, 0.2) is 0 Å². The van der Waals surface area contributed by atoms with Crippen molar-refractivity contribution >= 4 is 29.3 Å². The summed E-state index contributed by atoms with van der Waals surface area (Å²) in [7, 11) is 0. The lowest BCUT2D eigenvalue weighted by Gasteiger charge is -1.97. The lowest BCUT2D eigenvalue weighted by molar-refractivity contribution is 0.475. The second-order valence-electron chi connectivity index (χ2n) is 2.26. The summed E-state index contributed by atoms with van der Waals surface area (Å²) in [5.41, 5.74) is 0.775. The summed E-state index contributed by atoms with van der Waals surface area (Å²) in [6.45, 7) is 0. The van der Waals surface area contributed by atoms with Gasteiger partial charge in [-0.25, -0.2) is 0 Å². The zero-order valence-electron chi connectivity index (χ0n) is 6.30. The number of aromatic hydroxyl groups is 1. The molecular weight excluding hydrogens is 195 g/mol. The SMILES string of the molecule is Oc1ccc(Cl)c(C=CCCl)c1. The van der Waals surface area contributed by atoms with E-state index in [1.165, 1.54) is 0 Å². The number of alkyl halides is 1. The molecule has 0 spiro atoms. The number of phenols is 1. The van der Waals surface area contributed by atoms with Crippen LogP contribution in [-0.4, -0.2) is 11.0 Å². The molecule has 3 heteroatoms. The Morgan fingerprint density at radius 2 is 2.17 bits per heavy atom. The molecule has 0 aromatic heterocycles. The Morgan fingerprint density at radius 1 is 1.42 bits per heavy atom. The molecule has 0 saturated heterocycles. The van der Waals surface area contributed by atoms with E-state index in [0.717, 1.165) is 5.56 Å². The smallest absolute Gasteiger partial charge is 0.116 e. The number of benzene rings is 1. The summed E-state index contributed by atoms with van der Waals surface area (Å²) in [6.07, 6.45) is 3.54. The van der Waals surface area contributed by atoms with Crippen molar-refractivity contribution in [3.8, 4) is 5.75 Å². The first-order valence-corrected chi connectivity index (χ1v) is 4.36. The van der Waals surface area contributed by atoms with Crippen molar-refractivity contribution in [2.24, 2.45) is 0 Å². The molecule has 0 fully saturated rings. The van der Waals surface area contributed by atoms with E-state index in [0.29, 0.717) is 10.9 Å². The molecule has 0 aliphatic rings. The van der Waals surface area contributed by atoms with E-state index in [4.69, 9.17) is 28.3 Å². The van der Waals surface area contributed by atoms with Gasteiger partial charge in [0.1, 0.15) is 5.75 Å². The van der Waals surface area contributed by atoms with Gasteiger partial charge in [0.2, 0.25) is 0 Å². The largest absolute Gasteiger partial charge is 0.508 e. The highest BCUT2D eigenvalue weighted by atomic mass is 35.5. The van der Waals surface area contributed by atoms with E-state index in [1.807, 2.05) is 0 Å². The van der Waals surface area contributed by atoms with Crippen LogP contribution < -0.4 is 0 Å². The third-order valence-corrected chi connectivity index (χ3v) is 1.89. The van der Waals surface area contributed by atoms with Gasteiger partial charge in [-0.2, -0.15) is 0 Å². The molecule has 0 radical (unpaired) electrons. The maximum Gasteiger partial charge on any atom is 0.116 e. The Labute approximate surface area is 81.2 Å². The van der Waals surface area contributed by atoms with Crippen LogP contribution in [0.15, 0.2) is 24.3 Å². The summed E-state index contributed by atoms with van der Waals surface area (Å²) in [4.78, 5) is 0. The highest BCUT2D eigenvalue weighted by molar-refractivity contribution is 6.32. The summed E-state index contributed by atoms with van der Waals surface area (Å²) in [5, 5.41) is 9.72. The highest BCUT2D eigenvalue weighted by Crippen LogP contribution is 2.22. The van der Waals surface area contributed by atoms with Crippen molar-refractivity contribution < 1.29 is 5.11 Å². The fraction of sp³-hybridized carbons (Fsp3) is 0.111. The molecule has 0 saturated carbocycles. The summed E-state index contributed by atoms with van der Waals surface area (Å²) in [6, 6.07) is 4.77. The first-order valence-electron chi connectivity index (χ1n) is 3.45. The number of rotatable bonds is 2. The first-order chi connectivity index (χ1) is 5.74. The van der Waals surface area contributed by atoms with Crippen molar-refractivity contribution in [2.75, 3.05) is 5.88 Å². The Hall–Kier alpha value is -0.660. The maximum atomic E-state index is 9.11. The van der Waals surface area contributed by atoms with Crippen molar-refractivity contribution in [3.63, 3.8) is 0 Å². The van der Waals surface area contributed by atoms with Gasteiger partial charge < -0.3 is 5.11 Å². The van der Waals surface area contributed by atoms with Crippen LogP contribution in [0, 0.1) is 0 Å².